The van der Waals surface area contributed by atoms with Gasteiger partial charge >= 0.3 is 0 Å². The molecule has 0 saturated carbocycles. The van der Waals surface area contributed by atoms with E-state index in [1.165, 1.54) is 0 Å². The second kappa shape index (κ2) is 7.47. The highest BCUT2D eigenvalue weighted by atomic mass is 16.3. The molecule has 0 fully saturated rings. The highest BCUT2D eigenvalue weighted by Crippen LogP contribution is 2.19. The summed E-state index contributed by atoms with van der Waals surface area (Å²) in [5, 5.41) is 0. The largest absolute Gasteiger partial charge is 0.465 e. The summed E-state index contributed by atoms with van der Waals surface area (Å²) in [4.78, 5) is 14.5. The van der Waals surface area contributed by atoms with Gasteiger partial charge in [-0.05, 0) is 42.8 Å². The lowest BCUT2D eigenvalue weighted by Crippen LogP contribution is -2.28. The number of carbonyl (C=O) groups is 1. The number of carbonyl (C=O) groups excluding carboxylic acids is 1. The SMILES string of the molecule is Cc1ccc(N(Cc2ccccc2)C(=O)/C=C/c2ccco2)cc1. The summed E-state index contributed by atoms with van der Waals surface area (Å²) in [6.45, 7) is 2.55. The Morgan fingerprint density at radius 3 is 2.42 bits per heavy atom. The number of furan rings is 1. The zero-order valence-corrected chi connectivity index (χ0v) is 13.6. The van der Waals surface area contributed by atoms with Crippen LogP contribution in [0.4, 0.5) is 5.69 Å². The van der Waals surface area contributed by atoms with Crippen LogP contribution in [0.15, 0.2) is 83.5 Å². The van der Waals surface area contributed by atoms with Crippen molar-refractivity contribution in [1.29, 1.82) is 0 Å². The molecule has 2 aromatic carbocycles. The first kappa shape index (κ1) is 15.8. The molecule has 3 rings (SSSR count). The van der Waals surface area contributed by atoms with Crippen molar-refractivity contribution >= 4 is 17.7 Å². The van der Waals surface area contributed by atoms with Crippen molar-refractivity contribution < 1.29 is 9.21 Å². The first-order valence-electron chi connectivity index (χ1n) is 7.86. The van der Waals surface area contributed by atoms with E-state index in [2.05, 4.69) is 0 Å². The van der Waals surface area contributed by atoms with Gasteiger partial charge in [-0.2, -0.15) is 0 Å². The van der Waals surface area contributed by atoms with E-state index in [9.17, 15) is 4.79 Å². The van der Waals surface area contributed by atoms with Gasteiger partial charge in [-0.3, -0.25) is 4.79 Å². The standard InChI is InChI=1S/C21H19NO2/c1-17-9-11-19(12-10-17)22(16-18-6-3-2-4-7-18)21(23)14-13-20-8-5-15-24-20/h2-15H,16H2,1H3/b14-13+. The van der Waals surface area contributed by atoms with Crippen LogP contribution in [-0.2, 0) is 11.3 Å². The zero-order valence-electron chi connectivity index (χ0n) is 13.6. The van der Waals surface area contributed by atoms with Crippen molar-refractivity contribution in [3.8, 4) is 0 Å². The van der Waals surface area contributed by atoms with Gasteiger partial charge in [0.15, 0.2) is 0 Å². The van der Waals surface area contributed by atoms with E-state index >= 15 is 0 Å². The molecule has 0 N–H and O–H groups in total. The number of rotatable bonds is 5. The summed E-state index contributed by atoms with van der Waals surface area (Å²) in [7, 11) is 0. The molecule has 24 heavy (non-hydrogen) atoms. The summed E-state index contributed by atoms with van der Waals surface area (Å²) in [6, 6.07) is 21.5. The summed E-state index contributed by atoms with van der Waals surface area (Å²) in [6.07, 6.45) is 4.82. The molecular weight excluding hydrogens is 298 g/mol. The molecule has 0 bridgehead atoms. The van der Waals surface area contributed by atoms with E-state index in [4.69, 9.17) is 4.42 Å². The molecule has 120 valence electrons. The highest BCUT2D eigenvalue weighted by molar-refractivity contribution is 6.03. The summed E-state index contributed by atoms with van der Waals surface area (Å²) >= 11 is 0. The van der Waals surface area contributed by atoms with Crippen molar-refractivity contribution in [1.82, 2.24) is 0 Å². The Morgan fingerprint density at radius 2 is 1.75 bits per heavy atom. The van der Waals surface area contributed by atoms with Gasteiger partial charge in [0, 0.05) is 11.8 Å². The third-order valence-corrected chi connectivity index (χ3v) is 3.73. The van der Waals surface area contributed by atoms with Gasteiger partial charge < -0.3 is 9.32 Å². The molecule has 0 spiro atoms. The minimum Gasteiger partial charge on any atom is -0.465 e. The molecule has 3 aromatic rings. The molecule has 3 heteroatoms. The highest BCUT2D eigenvalue weighted by Gasteiger charge is 2.14. The lowest BCUT2D eigenvalue weighted by atomic mass is 10.1. The van der Waals surface area contributed by atoms with Crippen LogP contribution in [0.2, 0.25) is 0 Å². The molecule has 0 saturated heterocycles. The zero-order chi connectivity index (χ0) is 16.8. The van der Waals surface area contributed by atoms with E-state index in [0.717, 1.165) is 16.8 Å². The molecular formula is C21H19NO2. The molecule has 0 aliphatic heterocycles. The van der Waals surface area contributed by atoms with Crippen LogP contribution in [0, 0.1) is 6.92 Å². The number of hydrogen-bond donors (Lipinski definition) is 0. The van der Waals surface area contributed by atoms with E-state index in [1.54, 1.807) is 29.4 Å². The number of amides is 1. The molecule has 0 aliphatic carbocycles. The molecule has 1 heterocycles. The number of anilines is 1. The van der Waals surface area contributed by atoms with Gasteiger partial charge in [0.2, 0.25) is 0 Å². The fraction of sp³-hybridized carbons (Fsp3) is 0.0952. The van der Waals surface area contributed by atoms with Gasteiger partial charge in [0.1, 0.15) is 5.76 Å². The van der Waals surface area contributed by atoms with Crippen LogP contribution in [0.3, 0.4) is 0 Å². The lowest BCUT2D eigenvalue weighted by molar-refractivity contribution is -0.114. The van der Waals surface area contributed by atoms with Gasteiger partial charge in [-0.25, -0.2) is 0 Å². The van der Waals surface area contributed by atoms with Gasteiger partial charge in [-0.1, -0.05) is 48.0 Å². The predicted octanol–water partition coefficient (Wildman–Crippen LogP) is 4.83. The van der Waals surface area contributed by atoms with Gasteiger partial charge in [-0.15, -0.1) is 0 Å². The Balaban J connectivity index is 1.86. The van der Waals surface area contributed by atoms with Gasteiger partial charge in [0.25, 0.3) is 5.91 Å². The Morgan fingerprint density at radius 1 is 1.00 bits per heavy atom. The van der Waals surface area contributed by atoms with Crippen LogP contribution in [0.25, 0.3) is 6.08 Å². The lowest BCUT2D eigenvalue weighted by Gasteiger charge is -2.22. The Hall–Kier alpha value is -3.07. The third-order valence-electron chi connectivity index (χ3n) is 3.73. The van der Waals surface area contributed by atoms with Crippen LogP contribution in [0.5, 0.6) is 0 Å². The monoisotopic (exact) mass is 317 g/mol. The second-order valence-electron chi connectivity index (χ2n) is 5.59. The van der Waals surface area contributed by atoms with Crippen molar-refractivity contribution in [2.24, 2.45) is 0 Å². The van der Waals surface area contributed by atoms with E-state index in [-0.39, 0.29) is 5.91 Å². The number of hydrogen-bond acceptors (Lipinski definition) is 2. The van der Waals surface area contributed by atoms with Crippen LogP contribution < -0.4 is 4.90 Å². The quantitative estimate of drug-likeness (QED) is 0.631. The molecule has 1 amide bonds. The first-order valence-corrected chi connectivity index (χ1v) is 7.86. The molecule has 0 atom stereocenters. The first-order chi connectivity index (χ1) is 11.7. The fourth-order valence-electron chi connectivity index (χ4n) is 2.42. The number of benzene rings is 2. The minimum atomic E-state index is -0.0842. The topological polar surface area (TPSA) is 33.5 Å². The molecule has 0 aliphatic rings. The van der Waals surface area contributed by atoms with Gasteiger partial charge in [0.05, 0.1) is 12.8 Å². The Bertz CT molecular complexity index is 803. The van der Waals surface area contributed by atoms with E-state index < -0.39 is 0 Å². The average Bonchev–Trinajstić information content (AvgIpc) is 3.13. The second-order valence-corrected chi connectivity index (χ2v) is 5.59. The summed E-state index contributed by atoms with van der Waals surface area (Å²) in [5.41, 5.74) is 3.12. The van der Waals surface area contributed by atoms with E-state index in [1.807, 2.05) is 67.6 Å². The molecule has 1 aromatic heterocycles. The minimum absolute atomic E-state index is 0.0842. The summed E-state index contributed by atoms with van der Waals surface area (Å²) < 4.78 is 5.25. The Kier molecular flexibility index (Phi) is 4.92. The molecule has 3 nitrogen and oxygen atoms in total. The average molecular weight is 317 g/mol. The predicted molar refractivity (Wildman–Crippen MR) is 96.6 cm³/mol. The molecule has 0 radical (unpaired) electrons. The number of nitrogens with zero attached hydrogens (tertiary/aromatic N) is 1. The van der Waals surface area contributed by atoms with Crippen LogP contribution in [0.1, 0.15) is 16.9 Å². The molecule has 0 unspecified atom stereocenters. The van der Waals surface area contributed by atoms with Crippen molar-refractivity contribution in [2.45, 2.75) is 13.5 Å². The fourth-order valence-corrected chi connectivity index (χ4v) is 2.42. The van der Waals surface area contributed by atoms with Crippen molar-refractivity contribution in [2.75, 3.05) is 4.90 Å². The smallest absolute Gasteiger partial charge is 0.251 e. The normalized spacial score (nSPS) is 10.9. The third kappa shape index (κ3) is 4.02. The Labute approximate surface area is 141 Å². The maximum Gasteiger partial charge on any atom is 0.251 e. The number of aryl methyl sites for hydroxylation is 1. The maximum absolute atomic E-state index is 12.7. The van der Waals surface area contributed by atoms with Crippen LogP contribution >= 0.6 is 0 Å². The maximum atomic E-state index is 12.7. The summed E-state index contributed by atoms with van der Waals surface area (Å²) in [5.74, 6) is 0.575. The van der Waals surface area contributed by atoms with E-state index in [0.29, 0.717) is 12.3 Å². The van der Waals surface area contributed by atoms with Crippen LogP contribution in [-0.4, -0.2) is 5.91 Å². The van der Waals surface area contributed by atoms with Crippen molar-refractivity contribution in [3.05, 3.63) is 96.0 Å². The van der Waals surface area contributed by atoms with Crippen molar-refractivity contribution in [3.63, 3.8) is 0 Å².